The average molecular weight is 406 g/mol. The van der Waals surface area contributed by atoms with Crippen molar-refractivity contribution in [2.45, 2.75) is 38.3 Å². The Kier molecular flexibility index (Phi) is 7.42. The number of carbonyl (C=O) groups is 1. The Morgan fingerprint density at radius 1 is 1.25 bits per heavy atom. The first-order valence-corrected chi connectivity index (χ1v) is 9.89. The van der Waals surface area contributed by atoms with Gasteiger partial charge in [0.15, 0.2) is 0 Å². The van der Waals surface area contributed by atoms with Crippen molar-refractivity contribution in [3.05, 3.63) is 36.2 Å². The number of hydrogen-bond acceptors (Lipinski definition) is 6. The summed E-state index contributed by atoms with van der Waals surface area (Å²) in [6, 6.07) is 9.87. The van der Waals surface area contributed by atoms with Crippen molar-refractivity contribution in [2.75, 3.05) is 26.2 Å². The van der Waals surface area contributed by atoms with Crippen LogP contribution in [0.2, 0.25) is 0 Å². The van der Waals surface area contributed by atoms with Crippen molar-refractivity contribution in [1.82, 2.24) is 25.7 Å². The Labute approximate surface area is 171 Å². The van der Waals surface area contributed by atoms with Crippen LogP contribution in [0.15, 0.2) is 34.9 Å². The fourth-order valence-electron chi connectivity index (χ4n) is 3.95. The summed E-state index contributed by atoms with van der Waals surface area (Å²) in [4.78, 5) is 19.0. The highest BCUT2D eigenvalue weighted by molar-refractivity contribution is 5.85. The van der Waals surface area contributed by atoms with Crippen LogP contribution in [0.5, 0.6) is 0 Å². The molecule has 0 radical (unpaired) electrons. The summed E-state index contributed by atoms with van der Waals surface area (Å²) in [7, 11) is 0. The second kappa shape index (κ2) is 10.0. The molecule has 2 aliphatic rings. The van der Waals surface area contributed by atoms with E-state index in [0.717, 1.165) is 57.4 Å². The van der Waals surface area contributed by atoms with E-state index < -0.39 is 0 Å². The number of likely N-dealkylation sites (tertiary alicyclic amines) is 1. The summed E-state index contributed by atoms with van der Waals surface area (Å²) in [6.45, 7) is 4.32. The SMILES string of the molecule is Cl.O=C(NCC1CCCN(Cc2nc(-c3ccccc3)no2)C1)C1CCCN1. The molecule has 4 rings (SSSR count). The smallest absolute Gasteiger partial charge is 0.241 e. The van der Waals surface area contributed by atoms with Gasteiger partial charge in [0.2, 0.25) is 17.6 Å². The number of halogens is 1. The molecule has 2 aliphatic heterocycles. The fraction of sp³-hybridized carbons (Fsp3) is 0.550. The zero-order chi connectivity index (χ0) is 18.5. The van der Waals surface area contributed by atoms with Crippen LogP contribution in [0, 0.1) is 5.92 Å². The lowest BCUT2D eigenvalue weighted by molar-refractivity contribution is -0.123. The number of piperidine rings is 1. The zero-order valence-corrected chi connectivity index (χ0v) is 16.8. The van der Waals surface area contributed by atoms with E-state index in [1.165, 1.54) is 0 Å². The van der Waals surface area contributed by atoms with Crippen LogP contribution < -0.4 is 10.6 Å². The number of rotatable bonds is 6. The van der Waals surface area contributed by atoms with Gasteiger partial charge in [-0.3, -0.25) is 9.69 Å². The van der Waals surface area contributed by atoms with Crippen molar-refractivity contribution < 1.29 is 9.32 Å². The average Bonchev–Trinajstić information content (AvgIpc) is 3.39. The van der Waals surface area contributed by atoms with E-state index in [2.05, 4.69) is 25.7 Å². The van der Waals surface area contributed by atoms with Gasteiger partial charge in [-0.25, -0.2) is 0 Å². The van der Waals surface area contributed by atoms with E-state index in [1.807, 2.05) is 30.3 Å². The zero-order valence-electron chi connectivity index (χ0n) is 16.0. The van der Waals surface area contributed by atoms with Crippen molar-refractivity contribution in [3.8, 4) is 11.4 Å². The quantitative estimate of drug-likeness (QED) is 0.766. The molecule has 1 amide bonds. The molecule has 0 aliphatic carbocycles. The van der Waals surface area contributed by atoms with E-state index in [9.17, 15) is 4.79 Å². The lowest BCUT2D eigenvalue weighted by Crippen LogP contribution is -2.45. The van der Waals surface area contributed by atoms with Crippen molar-refractivity contribution in [1.29, 1.82) is 0 Å². The van der Waals surface area contributed by atoms with Crippen LogP contribution in [-0.4, -0.2) is 53.2 Å². The van der Waals surface area contributed by atoms with E-state index >= 15 is 0 Å². The predicted octanol–water partition coefficient (Wildman–Crippen LogP) is 2.24. The molecule has 2 N–H and O–H groups in total. The van der Waals surface area contributed by atoms with Gasteiger partial charge in [0.1, 0.15) is 0 Å². The van der Waals surface area contributed by atoms with E-state index in [1.54, 1.807) is 0 Å². The van der Waals surface area contributed by atoms with Crippen LogP contribution in [-0.2, 0) is 11.3 Å². The summed E-state index contributed by atoms with van der Waals surface area (Å²) >= 11 is 0. The van der Waals surface area contributed by atoms with Gasteiger partial charge >= 0.3 is 0 Å². The van der Waals surface area contributed by atoms with Gasteiger partial charge in [0.25, 0.3) is 0 Å². The van der Waals surface area contributed by atoms with Crippen LogP contribution in [0.4, 0.5) is 0 Å². The Bertz CT molecular complexity index is 748. The number of hydrogen-bond donors (Lipinski definition) is 2. The van der Waals surface area contributed by atoms with Crippen LogP contribution in [0.1, 0.15) is 31.6 Å². The first-order chi connectivity index (χ1) is 13.3. The third-order valence-corrected chi connectivity index (χ3v) is 5.40. The third kappa shape index (κ3) is 5.31. The van der Waals surface area contributed by atoms with Crippen molar-refractivity contribution in [2.24, 2.45) is 5.92 Å². The summed E-state index contributed by atoms with van der Waals surface area (Å²) < 4.78 is 5.44. The van der Waals surface area contributed by atoms with E-state index in [0.29, 0.717) is 24.2 Å². The number of nitrogens with zero attached hydrogens (tertiary/aromatic N) is 3. The molecule has 28 heavy (non-hydrogen) atoms. The highest BCUT2D eigenvalue weighted by atomic mass is 35.5. The van der Waals surface area contributed by atoms with Crippen molar-refractivity contribution in [3.63, 3.8) is 0 Å². The van der Waals surface area contributed by atoms with Gasteiger partial charge in [-0.1, -0.05) is 35.5 Å². The number of aromatic nitrogens is 2. The molecule has 0 spiro atoms. The third-order valence-electron chi connectivity index (χ3n) is 5.40. The van der Waals surface area contributed by atoms with Gasteiger partial charge in [-0.15, -0.1) is 12.4 Å². The van der Waals surface area contributed by atoms with Crippen LogP contribution in [0.3, 0.4) is 0 Å². The maximum Gasteiger partial charge on any atom is 0.241 e. The van der Waals surface area contributed by atoms with Gasteiger partial charge in [-0.2, -0.15) is 4.98 Å². The van der Waals surface area contributed by atoms with Gasteiger partial charge in [0.05, 0.1) is 12.6 Å². The lowest BCUT2D eigenvalue weighted by atomic mass is 9.98. The monoisotopic (exact) mass is 405 g/mol. The molecule has 152 valence electrons. The van der Waals surface area contributed by atoms with Crippen molar-refractivity contribution >= 4 is 18.3 Å². The molecule has 0 saturated carbocycles. The molecule has 1 aromatic heterocycles. The minimum Gasteiger partial charge on any atom is -0.354 e. The molecule has 8 heteroatoms. The first kappa shape index (κ1) is 20.8. The molecule has 3 heterocycles. The largest absolute Gasteiger partial charge is 0.354 e. The number of benzene rings is 1. The number of amides is 1. The highest BCUT2D eigenvalue weighted by Gasteiger charge is 2.25. The van der Waals surface area contributed by atoms with E-state index in [4.69, 9.17) is 4.52 Å². The van der Waals surface area contributed by atoms with Crippen LogP contribution in [0.25, 0.3) is 11.4 Å². The molecule has 2 atom stereocenters. The molecular weight excluding hydrogens is 378 g/mol. The molecule has 1 aromatic carbocycles. The Hall–Kier alpha value is -1.96. The molecule has 2 aromatic rings. The summed E-state index contributed by atoms with van der Waals surface area (Å²) in [6.07, 6.45) is 4.31. The highest BCUT2D eigenvalue weighted by Crippen LogP contribution is 2.20. The standard InChI is InChI=1S/C20H27N5O2.ClH/c26-20(17-9-4-10-21-17)22-12-15-6-5-11-25(13-15)14-18-23-19(24-27-18)16-7-2-1-3-8-16;/h1-3,7-8,15,17,21H,4-6,9-14H2,(H,22,26);1H. The first-order valence-electron chi connectivity index (χ1n) is 9.89. The van der Waals surface area contributed by atoms with Gasteiger partial charge in [-0.05, 0) is 44.7 Å². The number of carbonyl (C=O) groups excluding carboxylic acids is 1. The second-order valence-electron chi connectivity index (χ2n) is 7.52. The Balaban J connectivity index is 0.00000225. The maximum absolute atomic E-state index is 12.2. The van der Waals surface area contributed by atoms with Gasteiger partial charge in [0, 0.05) is 18.7 Å². The summed E-state index contributed by atoms with van der Waals surface area (Å²) in [5.74, 6) is 1.90. The molecule has 2 saturated heterocycles. The molecular formula is C20H28ClN5O2. The lowest BCUT2D eigenvalue weighted by Gasteiger charge is -2.32. The van der Waals surface area contributed by atoms with Crippen LogP contribution >= 0.6 is 12.4 Å². The second-order valence-corrected chi connectivity index (χ2v) is 7.52. The fourth-order valence-corrected chi connectivity index (χ4v) is 3.95. The summed E-state index contributed by atoms with van der Waals surface area (Å²) in [5.41, 5.74) is 0.965. The van der Waals surface area contributed by atoms with E-state index in [-0.39, 0.29) is 24.4 Å². The minimum atomic E-state index is -0.000468. The number of nitrogens with one attached hydrogen (secondary N) is 2. The minimum absolute atomic E-state index is 0. The topological polar surface area (TPSA) is 83.3 Å². The normalized spacial score (nSPS) is 22.6. The summed E-state index contributed by atoms with van der Waals surface area (Å²) in [5, 5.41) is 10.5. The molecule has 2 fully saturated rings. The molecule has 7 nitrogen and oxygen atoms in total. The van der Waals surface area contributed by atoms with Gasteiger partial charge < -0.3 is 15.2 Å². The maximum atomic E-state index is 12.2. The molecule has 2 unspecified atom stereocenters. The Morgan fingerprint density at radius 2 is 2.11 bits per heavy atom. The predicted molar refractivity (Wildman–Crippen MR) is 109 cm³/mol. The Morgan fingerprint density at radius 3 is 2.89 bits per heavy atom. The molecule has 0 bridgehead atoms.